The van der Waals surface area contributed by atoms with E-state index in [1.807, 2.05) is 13.1 Å². The molecule has 136 valence electrons. The van der Waals surface area contributed by atoms with Gasteiger partial charge < -0.3 is 4.52 Å². The lowest BCUT2D eigenvalue weighted by Gasteiger charge is -2.36. The number of rotatable bonds is 4. The smallest absolute Gasteiger partial charge is 0.243 e. The quantitative estimate of drug-likeness (QED) is 0.800. The van der Waals surface area contributed by atoms with Gasteiger partial charge in [-0.15, -0.1) is 0 Å². The van der Waals surface area contributed by atoms with E-state index in [1.54, 1.807) is 0 Å². The van der Waals surface area contributed by atoms with Gasteiger partial charge in [0.05, 0.1) is 28.5 Å². The average Bonchev–Trinajstić information content (AvgIpc) is 3.22. The average molecular weight is 373 g/mol. The molecule has 4 rings (SSSR count). The minimum absolute atomic E-state index is 0.0487. The lowest BCUT2D eigenvalue weighted by Crippen LogP contribution is -2.48. The predicted molar refractivity (Wildman–Crippen MR) is 91.6 cm³/mol. The van der Waals surface area contributed by atoms with Crippen molar-refractivity contribution in [2.24, 2.45) is 0 Å². The summed E-state index contributed by atoms with van der Waals surface area (Å²) in [5.41, 5.74) is 0.432. The van der Waals surface area contributed by atoms with Crippen molar-refractivity contribution in [3.63, 3.8) is 0 Å². The number of likely N-dealkylation sites (tertiary alicyclic amines) is 1. The third-order valence-electron chi connectivity index (χ3n) is 5.10. The second-order valence-corrected chi connectivity index (χ2v) is 8.72. The van der Waals surface area contributed by atoms with Crippen molar-refractivity contribution < 1.29 is 12.9 Å². The second kappa shape index (κ2) is 6.46. The van der Waals surface area contributed by atoms with Gasteiger partial charge in [0, 0.05) is 13.1 Å². The van der Waals surface area contributed by atoms with E-state index >= 15 is 0 Å². The van der Waals surface area contributed by atoms with Crippen LogP contribution in [0.1, 0.15) is 42.1 Å². The summed E-state index contributed by atoms with van der Waals surface area (Å²) in [6, 6.07) is 8.08. The van der Waals surface area contributed by atoms with Gasteiger partial charge in [0.15, 0.2) is 5.82 Å². The highest BCUT2D eigenvalue weighted by molar-refractivity contribution is 7.89. The lowest BCUT2D eigenvalue weighted by molar-refractivity contribution is 0.236. The molecular formula is C17H19N5O3S. The summed E-state index contributed by atoms with van der Waals surface area (Å²) in [6.07, 6.45) is 2.11. The summed E-state index contributed by atoms with van der Waals surface area (Å²) in [4.78, 5) is 6.88. The highest BCUT2D eigenvalue weighted by atomic mass is 32.2. The van der Waals surface area contributed by atoms with Gasteiger partial charge in [-0.05, 0) is 50.7 Å². The fourth-order valence-electron chi connectivity index (χ4n) is 3.42. The molecule has 26 heavy (non-hydrogen) atoms. The van der Waals surface area contributed by atoms with Crippen LogP contribution < -0.4 is 0 Å². The molecule has 0 radical (unpaired) electrons. The predicted octanol–water partition coefficient (Wildman–Crippen LogP) is 1.50. The zero-order valence-electron chi connectivity index (χ0n) is 14.4. The van der Waals surface area contributed by atoms with Crippen LogP contribution >= 0.6 is 0 Å². The number of nitrogens with zero attached hydrogens (tertiary/aromatic N) is 5. The molecule has 9 heteroatoms. The summed E-state index contributed by atoms with van der Waals surface area (Å²) in [7, 11) is -1.52. The third-order valence-corrected chi connectivity index (χ3v) is 6.94. The summed E-state index contributed by atoms with van der Waals surface area (Å²) >= 11 is 0. The van der Waals surface area contributed by atoms with Crippen LogP contribution in [0.4, 0.5) is 0 Å². The first-order valence-corrected chi connectivity index (χ1v) is 9.97. The Morgan fingerprint density at radius 3 is 2.62 bits per heavy atom. The fraction of sp³-hybridized carbons (Fsp3) is 0.471. The molecule has 8 nitrogen and oxygen atoms in total. The molecule has 0 amide bonds. The van der Waals surface area contributed by atoms with E-state index in [-0.39, 0.29) is 16.9 Å². The summed E-state index contributed by atoms with van der Waals surface area (Å²) < 4.78 is 32.0. The summed E-state index contributed by atoms with van der Waals surface area (Å²) in [5.74, 6) is 1.15. The van der Waals surface area contributed by atoms with Crippen LogP contribution in [0, 0.1) is 11.3 Å². The van der Waals surface area contributed by atoms with Crippen LogP contribution in [0.15, 0.2) is 33.7 Å². The lowest BCUT2D eigenvalue weighted by atomic mass is 10.0. The van der Waals surface area contributed by atoms with Gasteiger partial charge in [0.1, 0.15) is 0 Å². The highest BCUT2D eigenvalue weighted by Gasteiger charge is 2.40. The number of sulfonamides is 1. The van der Waals surface area contributed by atoms with Crippen LogP contribution in [0.5, 0.6) is 0 Å². The molecular weight excluding hydrogens is 354 g/mol. The highest BCUT2D eigenvalue weighted by Crippen LogP contribution is 2.33. The van der Waals surface area contributed by atoms with Crippen molar-refractivity contribution in [1.82, 2.24) is 19.3 Å². The molecule has 2 aromatic rings. The Labute approximate surface area is 152 Å². The first-order valence-electron chi connectivity index (χ1n) is 8.53. The van der Waals surface area contributed by atoms with E-state index in [0.717, 1.165) is 19.4 Å². The Morgan fingerprint density at radius 2 is 2.00 bits per heavy atom. The van der Waals surface area contributed by atoms with Crippen molar-refractivity contribution in [3.05, 3.63) is 41.5 Å². The van der Waals surface area contributed by atoms with E-state index in [1.165, 1.54) is 28.6 Å². The molecule has 2 aliphatic rings. The molecule has 1 atom stereocenters. The number of hydrogen-bond donors (Lipinski definition) is 0. The maximum atomic E-state index is 12.6. The SMILES string of the molecule is CN1CCCC1c1nc(C2CN(S(=O)(=O)c3ccc(C#N)cc3)C2)no1. The second-order valence-electron chi connectivity index (χ2n) is 6.78. The molecule has 2 saturated heterocycles. The Bertz CT molecular complexity index is 942. The molecule has 1 aromatic carbocycles. The molecule has 0 N–H and O–H groups in total. The van der Waals surface area contributed by atoms with Gasteiger partial charge in [-0.2, -0.15) is 14.6 Å². The minimum Gasteiger partial charge on any atom is -0.338 e. The van der Waals surface area contributed by atoms with Gasteiger partial charge in [0.25, 0.3) is 0 Å². The topological polar surface area (TPSA) is 103 Å². The Hall–Kier alpha value is -2.28. The van der Waals surface area contributed by atoms with E-state index in [9.17, 15) is 8.42 Å². The zero-order chi connectivity index (χ0) is 18.3. The van der Waals surface area contributed by atoms with E-state index in [2.05, 4.69) is 15.0 Å². The van der Waals surface area contributed by atoms with Crippen LogP contribution in [0.25, 0.3) is 0 Å². The van der Waals surface area contributed by atoms with E-state index in [4.69, 9.17) is 9.78 Å². The Kier molecular flexibility index (Phi) is 4.26. The van der Waals surface area contributed by atoms with Gasteiger partial charge >= 0.3 is 0 Å². The van der Waals surface area contributed by atoms with Gasteiger partial charge in [-0.1, -0.05) is 5.16 Å². The molecule has 1 aromatic heterocycles. The standard InChI is InChI=1S/C17H19N5O3S/c1-21-8-2-3-15(21)17-19-16(20-25-17)13-10-22(11-13)26(23,24)14-6-4-12(9-18)5-7-14/h4-7,13,15H,2-3,8,10-11H2,1H3. The van der Waals surface area contributed by atoms with E-state index in [0.29, 0.717) is 30.4 Å². The van der Waals surface area contributed by atoms with Crippen LogP contribution in [0.2, 0.25) is 0 Å². The first-order chi connectivity index (χ1) is 12.5. The molecule has 3 heterocycles. The molecule has 0 bridgehead atoms. The number of benzene rings is 1. The largest absolute Gasteiger partial charge is 0.338 e. The molecule has 0 spiro atoms. The van der Waals surface area contributed by atoms with Gasteiger partial charge in [-0.3, -0.25) is 4.90 Å². The maximum absolute atomic E-state index is 12.6. The molecule has 2 fully saturated rings. The summed E-state index contributed by atoms with van der Waals surface area (Å²) in [6.45, 7) is 1.69. The summed E-state index contributed by atoms with van der Waals surface area (Å²) in [5, 5.41) is 12.9. The van der Waals surface area contributed by atoms with Gasteiger partial charge in [-0.25, -0.2) is 8.42 Å². The van der Waals surface area contributed by atoms with Crippen LogP contribution in [-0.2, 0) is 10.0 Å². The normalized spacial score (nSPS) is 22.2. The minimum atomic E-state index is -3.56. The van der Waals surface area contributed by atoms with Crippen molar-refractivity contribution in [1.29, 1.82) is 5.26 Å². The molecule has 2 aliphatic heterocycles. The molecule has 1 unspecified atom stereocenters. The first kappa shape index (κ1) is 17.1. The molecule has 0 aliphatic carbocycles. The number of hydrogen-bond acceptors (Lipinski definition) is 7. The van der Waals surface area contributed by atoms with Crippen LogP contribution in [-0.4, -0.2) is 54.4 Å². The third kappa shape index (κ3) is 2.90. The number of nitriles is 1. The van der Waals surface area contributed by atoms with Crippen molar-refractivity contribution in [2.75, 3.05) is 26.7 Å². The Morgan fingerprint density at radius 1 is 1.27 bits per heavy atom. The van der Waals surface area contributed by atoms with Crippen LogP contribution in [0.3, 0.4) is 0 Å². The monoisotopic (exact) mass is 373 g/mol. The van der Waals surface area contributed by atoms with Crippen molar-refractivity contribution in [2.45, 2.75) is 29.7 Å². The van der Waals surface area contributed by atoms with Crippen molar-refractivity contribution in [3.8, 4) is 6.07 Å². The zero-order valence-corrected chi connectivity index (χ0v) is 15.2. The Balaban J connectivity index is 1.43. The fourth-order valence-corrected chi connectivity index (χ4v) is 4.95. The van der Waals surface area contributed by atoms with Crippen molar-refractivity contribution >= 4 is 10.0 Å². The molecule has 0 saturated carbocycles. The number of aromatic nitrogens is 2. The maximum Gasteiger partial charge on any atom is 0.243 e. The van der Waals surface area contributed by atoms with E-state index < -0.39 is 10.0 Å². The van der Waals surface area contributed by atoms with Gasteiger partial charge in [0.2, 0.25) is 15.9 Å².